The number of rotatable bonds is 1. The summed E-state index contributed by atoms with van der Waals surface area (Å²) in [6.45, 7) is 10.6. The van der Waals surface area contributed by atoms with Crippen molar-refractivity contribution >= 4 is 11.8 Å². The zero-order valence-corrected chi connectivity index (χ0v) is 12.8. The van der Waals surface area contributed by atoms with E-state index < -0.39 is 5.54 Å². The van der Waals surface area contributed by atoms with Gasteiger partial charge in [-0.1, -0.05) is 17.7 Å². The first-order valence-electron chi connectivity index (χ1n) is 6.93. The Kier molecular flexibility index (Phi) is 3.59. The molecule has 0 spiro atoms. The van der Waals surface area contributed by atoms with Crippen LogP contribution in [0.1, 0.15) is 40.9 Å². The maximum atomic E-state index is 12.9. The van der Waals surface area contributed by atoms with Gasteiger partial charge in [-0.3, -0.25) is 9.59 Å². The molecule has 1 fully saturated rings. The van der Waals surface area contributed by atoms with Crippen LogP contribution >= 0.6 is 0 Å². The molecule has 0 unspecified atom stereocenters. The molecule has 1 N–H and O–H groups in total. The lowest BCUT2D eigenvalue weighted by atomic mass is 9.94. The maximum absolute atomic E-state index is 12.9. The number of nitrogens with zero attached hydrogens (tertiary/aromatic N) is 1. The summed E-state index contributed by atoms with van der Waals surface area (Å²) in [6, 6.07) is 4.02. The fourth-order valence-electron chi connectivity index (χ4n) is 2.91. The third-order valence-corrected chi connectivity index (χ3v) is 3.99. The summed E-state index contributed by atoms with van der Waals surface area (Å²) in [6.07, 6.45) is 0. The highest BCUT2D eigenvalue weighted by Gasteiger charge is 2.41. The fourth-order valence-corrected chi connectivity index (χ4v) is 2.91. The van der Waals surface area contributed by atoms with Crippen molar-refractivity contribution in [2.75, 3.05) is 13.1 Å². The molecule has 0 atom stereocenters. The number of benzene rings is 1. The van der Waals surface area contributed by atoms with Crippen molar-refractivity contribution in [2.45, 2.75) is 40.2 Å². The van der Waals surface area contributed by atoms with Crippen LogP contribution in [0.5, 0.6) is 0 Å². The van der Waals surface area contributed by atoms with Gasteiger partial charge in [-0.25, -0.2) is 0 Å². The third-order valence-electron chi connectivity index (χ3n) is 3.99. The second-order valence-electron chi connectivity index (χ2n) is 6.05. The van der Waals surface area contributed by atoms with E-state index >= 15 is 0 Å². The first kappa shape index (κ1) is 14.6. The van der Waals surface area contributed by atoms with Crippen LogP contribution in [0.25, 0.3) is 0 Å². The summed E-state index contributed by atoms with van der Waals surface area (Å²) in [5.41, 5.74) is 2.99. The Hall–Kier alpha value is -1.84. The number of piperazine rings is 1. The number of aryl methyl sites for hydroxylation is 3. The van der Waals surface area contributed by atoms with Crippen molar-refractivity contribution in [2.24, 2.45) is 0 Å². The van der Waals surface area contributed by atoms with Gasteiger partial charge in [-0.15, -0.1) is 0 Å². The molecule has 1 aliphatic rings. The van der Waals surface area contributed by atoms with Gasteiger partial charge < -0.3 is 10.2 Å². The van der Waals surface area contributed by atoms with Crippen LogP contribution < -0.4 is 5.32 Å². The molecule has 1 heterocycles. The summed E-state index contributed by atoms with van der Waals surface area (Å²) in [7, 11) is 0. The SMILES string of the molecule is Cc1cc(C)c(C(=O)N2CCNC(=O)C2(C)C)c(C)c1. The molecule has 20 heavy (non-hydrogen) atoms. The largest absolute Gasteiger partial charge is 0.352 e. The smallest absolute Gasteiger partial charge is 0.255 e. The Balaban J connectivity index is 2.44. The summed E-state index contributed by atoms with van der Waals surface area (Å²) in [4.78, 5) is 26.5. The van der Waals surface area contributed by atoms with Crippen LogP contribution in [0.3, 0.4) is 0 Å². The average molecular weight is 274 g/mol. The van der Waals surface area contributed by atoms with E-state index in [1.54, 1.807) is 18.7 Å². The molecule has 4 nitrogen and oxygen atoms in total. The molecular weight excluding hydrogens is 252 g/mol. The standard InChI is InChI=1S/C16H22N2O2/c1-10-8-11(2)13(12(3)9-10)14(19)18-7-6-17-15(20)16(18,4)5/h8-9H,6-7H2,1-5H3,(H,17,20). The molecule has 1 aromatic carbocycles. The Morgan fingerprint density at radius 1 is 1.20 bits per heavy atom. The van der Waals surface area contributed by atoms with Gasteiger partial charge in [0.25, 0.3) is 5.91 Å². The molecule has 1 aromatic rings. The first-order valence-corrected chi connectivity index (χ1v) is 6.93. The van der Waals surface area contributed by atoms with E-state index in [9.17, 15) is 9.59 Å². The summed E-state index contributed by atoms with van der Waals surface area (Å²) in [5, 5.41) is 2.81. The highest BCUT2D eigenvalue weighted by molar-refractivity contribution is 6.01. The van der Waals surface area contributed by atoms with Crippen molar-refractivity contribution in [1.29, 1.82) is 0 Å². The quantitative estimate of drug-likeness (QED) is 0.851. The molecule has 0 aromatic heterocycles. The molecule has 0 radical (unpaired) electrons. The van der Waals surface area contributed by atoms with Gasteiger partial charge >= 0.3 is 0 Å². The molecule has 4 heteroatoms. The number of hydrogen-bond donors (Lipinski definition) is 1. The Labute approximate surface area is 120 Å². The predicted octanol–water partition coefficient (Wildman–Crippen LogP) is 1.96. The van der Waals surface area contributed by atoms with E-state index in [1.165, 1.54) is 0 Å². The minimum absolute atomic E-state index is 0.0557. The lowest BCUT2D eigenvalue weighted by Crippen LogP contribution is -2.63. The number of carbonyl (C=O) groups excluding carboxylic acids is 2. The molecule has 1 saturated heterocycles. The number of nitrogens with one attached hydrogen (secondary N) is 1. The van der Waals surface area contributed by atoms with Crippen LogP contribution in [0.15, 0.2) is 12.1 Å². The lowest BCUT2D eigenvalue weighted by molar-refractivity contribution is -0.133. The molecule has 2 amide bonds. The van der Waals surface area contributed by atoms with E-state index in [2.05, 4.69) is 5.32 Å². The van der Waals surface area contributed by atoms with E-state index in [4.69, 9.17) is 0 Å². The zero-order chi connectivity index (χ0) is 15.1. The van der Waals surface area contributed by atoms with E-state index in [0.717, 1.165) is 22.3 Å². The van der Waals surface area contributed by atoms with Crippen molar-refractivity contribution in [3.63, 3.8) is 0 Å². The second-order valence-corrected chi connectivity index (χ2v) is 6.05. The number of amides is 2. The normalized spacial score (nSPS) is 17.9. The summed E-state index contributed by atoms with van der Waals surface area (Å²) >= 11 is 0. The number of carbonyl (C=O) groups is 2. The van der Waals surface area contributed by atoms with Gasteiger partial charge in [0, 0.05) is 18.7 Å². The van der Waals surface area contributed by atoms with Gasteiger partial charge in [-0.05, 0) is 45.7 Å². The highest BCUT2D eigenvalue weighted by Crippen LogP contribution is 2.24. The highest BCUT2D eigenvalue weighted by atomic mass is 16.2. The molecule has 1 aliphatic heterocycles. The maximum Gasteiger partial charge on any atom is 0.255 e. The molecule has 0 aliphatic carbocycles. The number of hydrogen-bond acceptors (Lipinski definition) is 2. The molecule has 0 bridgehead atoms. The van der Waals surface area contributed by atoms with Crippen molar-refractivity contribution in [3.05, 3.63) is 34.4 Å². The van der Waals surface area contributed by atoms with Crippen LogP contribution in [0.4, 0.5) is 0 Å². The monoisotopic (exact) mass is 274 g/mol. The summed E-state index contributed by atoms with van der Waals surface area (Å²) in [5.74, 6) is -0.153. The van der Waals surface area contributed by atoms with Crippen molar-refractivity contribution in [3.8, 4) is 0 Å². The van der Waals surface area contributed by atoms with Crippen LogP contribution in [0, 0.1) is 20.8 Å². The Bertz CT molecular complexity index is 553. The zero-order valence-electron chi connectivity index (χ0n) is 12.8. The van der Waals surface area contributed by atoms with Gasteiger partial charge in [0.2, 0.25) is 5.91 Å². The van der Waals surface area contributed by atoms with Crippen molar-refractivity contribution in [1.82, 2.24) is 10.2 Å². The first-order chi connectivity index (χ1) is 9.25. The third kappa shape index (κ3) is 2.30. The second kappa shape index (κ2) is 4.93. The fraction of sp³-hybridized carbons (Fsp3) is 0.500. The molecule has 2 rings (SSSR count). The Morgan fingerprint density at radius 2 is 1.75 bits per heavy atom. The Morgan fingerprint density at radius 3 is 2.30 bits per heavy atom. The molecular formula is C16H22N2O2. The topological polar surface area (TPSA) is 49.4 Å². The van der Waals surface area contributed by atoms with Crippen LogP contribution in [-0.2, 0) is 4.79 Å². The molecule has 0 saturated carbocycles. The van der Waals surface area contributed by atoms with Crippen LogP contribution in [0.2, 0.25) is 0 Å². The average Bonchev–Trinajstić information content (AvgIpc) is 2.31. The van der Waals surface area contributed by atoms with Gasteiger partial charge in [0.15, 0.2) is 0 Å². The van der Waals surface area contributed by atoms with Crippen molar-refractivity contribution < 1.29 is 9.59 Å². The van der Waals surface area contributed by atoms with Gasteiger partial charge in [-0.2, -0.15) is 0 Å². The van der Waals surface area contributed by atoms with Crippen LogP contribution in [-0.4, -0.2) is 35.3 Å². The lowest BCUT2D eigenvalue weighted by Gasteiger charge is -2.41. The minimum atomic E-state index is -0.806. The van der Waals surface area contributed by atoms with E-state index in [-0.39, 0.29) is 11.8 Å². The summed E-state index contributed by atoms with van der Waals surface area (Å²) < 4.78 is 0. The molecule has 108 valence electrons. The minimum Gasteiger partial charge on any atom is -0.352 e. The van der Waals surface area contributed by atoms with E-state index in [0.29, 0.717) is 13.1 Å². The van der Waals surface area contributed by atoms with Gasteiger partial charge in [0.05, 0.1) is 0 Å². The van der Waals surface area contributed by atoms with E-state index in [1.807, 2.05) is 32.9 Å². The van der Waals surface area contributed by atoms with Gasteiger partial charge in [0.1, 0.15) is 5.54 Å². The predicted molar refractivity (Wildman–Crippen MR) is 78.8 cm³/mol.